The van der Waals surface area contributed by atoms with E-state index in [9.17, 15) is 23.9 Å². The number of rotatable bonds is 9. The first-order valence-corrected chi connectivity index (χ1v) is 12.5. The highest BCUT2D eigenvalue weighted by atomic mass is 127. The topological polar surface area (TPSA) is 102 Å². The molecule has 35 heavy (non-hydrogen) atoms. The van der Waals surface area contributed by atoms with Crippen molar-refractivity contribution in [3.63, 3.8) is 0 Å². The summed E-state index contributed by atoms with van der Waals surface area (Å²) >= 11 is 3.93. The van der Waals surface area contributed by atoms with Gasteiger partial charge in [0.15, 0.2) is 12.4 Å². The molecule has 3 aromatic carbocycles. The van der Waals surface area contributed by atoms with Gasteiger partial charge in [-0.25, -0.2) is 14.0 Å². The van der Waals surface area contributed by atoms with Crippen molar-refractivity contribution in [3.8, 4) is 5.75 Å². The van der Waals surface area contributed by atoms with E-state index in [-0.39, 0.29) is 24.3 Å². The fourth-order valence-corrected chi connectivity index (χ4v) is 4.93. The number of phenols is 1. The quantitative estimate of drug-likeness (QED) is 0.185. The Morgan fingerprint density at radius 2 is 1.54 bits per heavy atom. The number of ether oxygens (including phenoxy) is 2. The molecule has 0 bridgehead atoms. The van der Waals surface area contributed by atoms with E-state index in [2.05, 4.69) is 5.32 Å². The van der Waals surface area contributed by atoms with Gasteiger partial charge in [0.25, 0.3) is 0 Å². The largest absolute Gasteiger partial charge is 0.506 e. The van der Waals surface area contributed by atoms with Crippen molar-refractivity contribution in [1.82, 2.24) is 5.32 Å². The lowest BCUT2D eigenvalue weighted by Gasteiger charge is -2.18. The number of carbonyl (C=O) groups is 3. The first-order chi connectivity index (χ1) is 16.7. The number of hydrogen-bond donors (Lipinski definition) is 2. The van der Waals surface area contributed by atoms with Crippen LogP contribution in [-0.4, -0.2) is 35.6 Å². The van der Waals surface area contributed by atoms with Crippen LogP contribution in [0.1, 0.15) is 21.5 Å². The Kier molecular flexibility index (Phi) is 9.83. The van der Waals surface area contributed by atoms with Gasteiger partial charge in [-0.05, 0) is 92.7 Å². The van der Waals surface area contributed by atoms with Crippen molar-refractivity contribution in [2.24, 2.45) is 0 Å². The zero-order chi connectivity index (χ0) is 25.4. The number of hydrogen-bond acceptors (Lipinski definition) is 6. The smallest absolute Gasteiger partial charge is 0.408 e. The number of carbonyl (C=O) groups excluding carboxylic acids is 3. The lowest BCUT2D eigenvalue weighted by molar-refractivity contribution is -0.144. The van der Waals surface area contributed by atoms with Crippen LogP contribution in [0, 0.1) is 13.0 Å². The summed E-state index contributed by atoms with van der Waals surface area (Å²) in [5.74, 6) is -1.73. The summed E-state index contributed by atoms with van der Waals surface area (Å²) < 4.78 is 24.6. The van der Waals surface area contributed by atoms with Crippen LogP contribution in [0.2, 0.25) is 0 Å². The molecular weight excluding hydrogens is 683 g/mol. The Morgan fingerprint density at radius 1 is 0.914 bits per heavy atom. The zero-order valence-corrected chi connectivity index (χ0v) is 22.5. The number of ketones is 1. The van der Waals surface area contributed by atoms with Gasteiger partial charge in [-0.3, -0.25) is 4.79 Å². The summed E-state index contributed by atoms with van der Waals surface area (Å²) in [4.78, 5) is 37.5. The minimum absolute atomic E-state index is 0.00645. The number of halogens is 3. The molecule has 1 amide bonds. The number of phenolic OH excluding ortho intramolecular Hbond substituents is 1. The molecule has 7 nitrogen and oxygen atoms in total. The molecule has 0 radical (unpaired) electrons. The summed E-state index contributed by atoms with van der Waals surface area (Å²) in [5.41, 5.74) is 1.62. The lowest BCUT2D eigenvalue weighted by Crippen LogP contribution is -2.44. The van der Waals surface area contributed by atoms with E-state index in [1.807, 2.05) is 63.4 Å². The summed E-state index contributed by atoms with van der Waals surface area (Å²) in [6, 6.07) is 16.1. The molecule has 10 heteroatoms. The number of aromatic hydroxyl groups is 1. The second-order valence-electron chi connectivity index (χ2n) is 7.41. The number of amides is 1. The minimum atomic E-state index is -1.16. The molecule has 0 spiro atoms. The fraction of sp³-hybridized carbons (Fsp3) is 0.160. The molecule has 0 fully saturated rings. The predicted octanol–water partition coefficient (Wildman–Crippen LogP) is 5.00. The Morgan fingerprint density at radius 3 is 2.17 bits per heavy atom. The van der Waals surface area contributed by atoms with Gasteiger partial charge in [0.05, 0.1) is 7.14 Å². The van der Waals surface area contributed by atoms with Gasteiger partial charge in [0, 0.05) is 12.0 Å². The van der Waals surface area contributed by atoms with E-state index in [1.54, 1.807) is 24.3 Å². The summed E-state index contributed by atoms with van der Waals surface area (Å²) in [6.07, 6.45) is -0.792. The molecule has 0 unspecified atom stereocenters. The highest BCUT2D eigenvalue weighted by Crippen LogP contribution is 2.28. The molecule has 0 saturated heterocycles. The maximum Gasteiger partial charge on any atom is 0.408 e. The third kappa shape index (κ3) is 8.16. The van der Waals surface area contributed by atoms with E-state index in [0.717, 1.165) is 17.7 Å². The van der Waals surface area contributed by atoms with Crippen molar-refractivity contribution < 1.29 is 33.4 Å². The second-order valence-corrected chi connectivity index (χ2v) is 9.73. The van der Waals surface area contributed by atoms with Gasteiger partial charge in [0.1, 0.15) is 24.2 Å². The maximum absolute atomic E-state index is 13.1. The monoisotopic (exact) mass is 703 g/mol. The number of benzene rings is 3. The van der Waals surface area contributed by atoms with Gasteiger partial charge in [-0.15, -0.1) is 0 Å². The summed E-state index contributed by atoms with van der Waals surface area (Å²) in [5, 5.41) is 12.5. The molecule has 0 aliphatic rings. The molecule has 3 aromatic rings. The first-order valence-electron chi connectivity index (χ1n) is 10.3. The molecule has 0 aromatic heterocycles. The maximum atomic E-state index is 13.1. The summed E-state index contributed by atoms with van der Waals surface area (Å²) in [7, 11) is 0. The Labute approximate surface area is 228 Å². The van der Waals surface area contributed by atoms with Crippen LogP contribution in [0.5, 0.6) is 5.75 Å². The molecule has 3 rings (SSSR count). The van der Waals surface area contributed by atoms with Gasteiger partial charge in [0.2, 0.25) is 0 Å². The van der Waals surface area contributed by atoms with Crippen molar-refractivity contribution in [1.29, 1.82) is 0 Å². The second kappa shape index (κ2) is 12.8. The van der Waals surface area contributed by atoms with E-state index >= 15 is 0 Å². The van der Waals surface area contributed by atoms with Crippen molar-refractivity contribution in [3.05, 3.63) is 96.4 Å². The molecule has 182 valence electrons. The molecule has 0 aliphatic heterocycles. The Bertz CT molecular complexity index is 1180. The third-order valence-electron chi connectivity index (χ3n) is 4.82. The van der Waals surface area contributed by atoms with E-state index < -0.39 is 36.3 Å². The highest BCUT2D eigenvalue weighted by molar-refractivity contribution is 14.1. The van der Waals surface area contributed by atoms with E-state index in [1.165, 1.54) is 12.1 Å². The van der Waals surface area contributed by atoms with E-state index in [4.69, 9.17) is 9.47 Å². The van der Waals surface area contributed by atoms with Gasteiger partial charge in [-0.1, -0.05) is 30.3 Å². The molecule has 2 N–H and O–H groups in total. The fourth-order valence-electron chi connectivity index (χ4n) is 3.03. The highest BCUT2D eigenvalue weighted by Gasteiger charge is 2.25. The Balaban J connectivity index is 1.69. The molecular formula is C25H20FI2NO6. The van der Waals surface area contributed by atoms with E-state index in [0.29, 0.717) is 12.7 Å². The van der Waals surface area contributed by atoms with Crippen molar-refractivity contribution in [2.45, 2.75) is 19.1 Å². The van der Waals surface area contributed by atoms with Crippen LogP contribution in [-0.2, 0) is 27.3 Å². The number of nitrogens with one attached hydrogen (secondary N) is 1. The average Bonchev–Trinajstić information content (AvgIpc) is 2.85. The lowest BCUT2D eigenvalue weighted by atomic mass is 10.1. The van der Waals surface area contributed by atoms with Gasteiger partial charge < -0.3 is 19.9 Å². The third-order valence-corrected chi connectivity index (χ3v) is 6.46. The summed E-state index contributed by atoms with van der Waals surface area (Å²) in [6.45, 7) is -0.571. The number of Topliss-reactive ketones (excluding diaryl/α,β-unsaturated/α-hetero) is 1. The molecule has 0 saturated carbocycles. The normalized spacial score (nSPS) is 11.4. The number of alkyl carbamates (subject to hydrolysis) is 1. The van der Waals surface area contributed by atoms with Crippen molar-refractivity contribution in [2.75, 3.05) is 6.61 Å². The first kappa shape index (κ1) is 26.9. The van der Waals surface area contributed by atoms with Gasteiger partial charge >= 0.3 is 12.1 Å². The zero-order valence-electron chi connectivity index (χ0n) is 18.2. The van der Waals surface area contributed by atoms with Crippen LogP contribution in [0.3, 0.4) is 0 Å². The van der Waals surface area contributed by atoms with Crippen LogP contribution in [0.4, 0.5) is 9.18 Å². The molecule has 0 aliphatic carbocycles. The minimum Gasteiger partial charge on any atom is -0.506 e. The van der Waals surface area contributed by atoms with Crippen LogP contribution in [0.15, 0.2) is 66.7 Å². The molecule has 1 atom stereocenters. The SMILES string of the molecule is O=C(N[C@H](Cc1cc(I)c(O)c(I)c1)C(=O)OCC(=O)c1ccc(F)cc1)OCc1ccccc1. The standard InChI is InChI=1S/C25H20FI2NO6/c26-18-8-6-17(7-9-18)22(30)14-34-24(32)21(12-16-10-19(27)23(31)20(28)11-16)29-25(33)35-13-15-4-2-1-3-5-15/h1-11,21,31H,12-14H2,(H,29,33)/t21-/m1/s1. The van der Waals surface area contributed by atoms with Crippen molar-refractivity contribution >= 4 is 63.0 Å². The average molecular weight is 703 g/mol. The van der Waals surface area contributed by atoms with Crippen LogP contribution >= 0.6 is 45.2 Å². The van der Waals surface area contributed by atoms with Crippen LogP contribution in [0.25, 0.3) is 0 Å². The predicted molar refractivity (Wildman–Crippen MR) is 142 cm³/mol. The number of esters is 1. The van der Waals surface area contributed by atoms with Gasteiger partial charge in [-0.2, -0.15) is 0 Å². The van der Waals surface area contributed by atoms with Crippen LogP contribution < -0.4 is 5.32 Å². The molecule has 0 heterocycles. The Hall–Kier alpha value is -2.74.